The van der Waals surface area contributed by atoms with Crippen molar-refractivity contribution in [1.29, 1.82) is 0 Å². The van der Waals surface area contributed by atoms with Gasteiger partial charge < -0.3 is 5.11 Å². The van der Waals surface area contributed by atoms with Crippen LogP contribution in [0.3, 0.4) is 0 Å². The maximum absolute atomic E-state index is 12.8. The van der Waals surface area contributed by atoms with Gasteiger partial charge in [0.15, 0.2) is 0 Å². The van der Waals surface area contributed by atoms with Crippen LogP contribution in [0.5, 0.6) is 0 Å². The van der Waals surface area contributed by atoms with Crippen molar-refractivity contribution < 1.29 is 14.3 Å². The minimum absolute atomic E-state index is 0.145. The van der Waals surface area contributed by atoms with Gasteiger partial charge >= 0.3 is 5.97 Å². The number of aliphatic carboxylic acids is 1. The predicted octanol–water partition coefficient (Wildman–Crippen LogP) is 1.85. The van der Waals surface area contributed by atoms with Crippen molar-refractivity contribution in [2.75, 3.05) is 0 Å². The highest BCUT2D eigenvalue weighted by Gasteiger charge is 2.12. The van der Waals surface area contributed by atoms with Gasteiger partial charge in [-0.05, 0) is 17.7 Å². The monoisotopic (exact) mass is 234 g/mol. The van der Waals surface area contributed by atoms with E-state index in [-0.39, 0.29) is 12.2 Å². The molecule has 1 N–H and O–H groups in total. The van der Waals surface area contributed by atoms with E-state index in [9.17, 15) is 9.18 Å². The highest BCUT2D eigenvalue weighted by Crippen LogP contribution is 2.23. The van der Waals surface area contributed by atoms with Crippen molar-refractivity contribution in [3.05, 3.63) is 42.0 Å². The molecule has 2 rings (SSSR count). The second-order valence-electron chi connectivity index (χ2n) is 3.74. The third-order valence-corrected chi connectivity index (χ3v) is 2.38. The first-order valence-electron chi connectivity index (χ1n) is 5.06. The molecule has 0 aliphatic rings. The molecule has 0 atom stereocenters. The molecule has 0 aliphatic heterocycles. The Hall–Kier alpha value is -2.17. The molecule has 2 aromatic rings. The van der Waals surface area contributed by atoms with Crippen molar-refractivity contribution in [2.24, 2.45) is 7.05 Å². The quantitative estimate of drug-likeness (QED) is 0.881. The van der Waals surface area contributed by atoms with Gasteiger partial charge in [0, 0.05) is 18.8 Å². The lowest BCUT2D eigenvalue weighted by Crippen LogP contribution is -2.02. The molecule has 0 bridgehead atoms. The minimum atomic E-state index is -0.938. The van der Waals surface area contributed by atoms with Gasteiger partial charge in [0.05, 0.1) is 12.1 Å². The standard InChI is InChI=1S/C12H11FN2O2/c1-15-7-10(11(14-15)6-12(16)17)8-2-4-9(13)5-3-8/h2-5,7H,6H2,1H3,(H,16,17). The molecule has 0 spiro atoms. The third-order valence-electron chi connectivity index (χ3n) is 2.38. The third kappa shape index (κ3) is 2.50. The van der Waals surface area contributed by atoms with E-state index in [1.807, 2.05) is 0 Å². The molecular formula is C12H11FN2O2. The van der Waals surface area contributed by atoms with Crippen LogP contribution in [0.15, 0.2) is 30.5 Å². The molecule has 0 unspecified atom stereocenters. The second kappa shape index (κ2) is 4.37. The molecule has 0 saturated heterocycles. The minimum Gasteiger partial charge on any atom is -0.481 e. The molecule has 4 nitrogen and oxygen atoms in total. The number of nitrogens with zero attached hydrogens (tertiary/aromatic N) is 2. The van der Waals surface area contributed by atoms with Crippen molar-refractivity contribution >= 4 is 5.97 Å². The van der Waals surface area contributed by atoms with Crippen molar-refractivity contribution in [3.8, 4) is 11.1 Å². The van der Waals surface area contributed by atoms with Gasteiger partial charge in [-0.15, -0.1) is 0 Å². The van der Waals surface area contributed by atoms with Crippen LogP contribution < -0.4 is 0 Å². The molecule has 5 heteroatoms. The number of rotatable bonds is 3. The molecule has 1 heterocycles. The Labute approximate surface area is 97.3 Å². The molecule has 88 valence electrons. The number of carbonyl (C=O) groups is 1. The SMILES string of the molecule is Cn1cc(-c2ccc(F)cc2)c(CC(=O)O)n1. The molecule has 17 heavy (non-hydrogen) atoms. The largest absolute Gasteiger partial charge is 0.481 e. The summed E-state index contributed by atoms with van der Waals surface area (Å²) in [6.07, 6.45) is 1.58. The highest BCUT2D eigenvalue weighted by atomic mass is 19.1. The second-order valence-corrected chi connectivity index (χ2v) is 3.74. The van der Waals surface area contributed by atoms with E-state index in [0.717, 1.165) is 11.1 Å². The molecule has 0 amide bonds. The Morgan fingerprint density at radius 3 is 2.65 bits per heavy atom. The fourth-order valence-corrected chi connectivity index (χ4v) is 1.68. The van der Waals surface area contributed by atoms with Gasteiger partial charge in [0.25, 0.3) is 0 Å². The van der Waals surface area contributed by atoms with E-state index >= 15 is 0 Å². The summed E-state index contributed by atoms with van der Waals surface area (Å²) < 4.78 is 14.4. The van der Waals surface area contributed by atoms with E-state index in [2.05, 4.69) is 5.10 Å². The average molecular weight is 234 g/mol. The van der Waals surface area contributed by atoms with Crippen LogP contribution in [0.4, 0.5) is 4.39 Å². The number of carboxylic acids is 1. The number of carboxylic acid groups (broad SMARTS) is 1. The molecule has 1 aromatic heterocycles. The van der Waals surface area contributed by atoms with Crippen LogP contribution >= 0.6 is 0 Å². The van der Waals surface area contributed by atoms with Gasteiger partial charge in [-0.1, -0.05) is 12.1 Å². The Balaban J connectivity index is 2.43. The number of hydrogen-bond donors (Lipinski definition) is 1. The highest BCUT2D eigenvalue weighted by molar-refractivity contribution is 5.75. The Morgan fingerprint density at radius 2 is 2.06 bits per heavy atom. The number of benzene rings is 1. The predicted molar refractivity (Wildman–Crippen MR) is 59.9 cm³/mol. The van der Waals surface area contributed by atoms with E-state index in [1.165, 1.54) is 12.1 Å². The van der Waals surface area contributed by atoms with Crippen LogP contribution in [0.25, 0.3) is 11.1 Å². The molecular weight excluding hydrogens is 223 g/mol. The molecule has 0 saturated carbocycles. The normalized spacial score (nSPS) is 10.5. The van der Waals surface area contributed by atoms with E-state index in [1.54, 1.807) is 30.1 Å². The van der Waals surface area contributed by atoms with Crippen molar-refractivity contribution in [2.45, 2.75) is 6.42 Å². The zero-order chi connectivity index (χ0) is 12.4. The zero-order valence-electron chi connectivity index (χ0n) is 9.22. The average Bonchev–Trinajstić information content (AvgIpc) is 2.59. The fourth-order valence-electron chi connectivity index (χ4n) is 1.68. The molecule has 0 fully saturated rings. The number of aromatic nitrogens is 2. The number of halogens is 1. The number of aryl methyl sites for hydroxylation is 1. The van der Waals surface area contributed by atoms with E-state index in [0.29, 0.717) is 5.69 Å². The van der Waals surface area contributed by atoms with Gasteiger partial charge in [0.2, 0.25) is 0 Å². The van der Waals surface area contributed by atoms with Gasteiger partial charge in [-0.2, -0.15) is 5.10 Å². The van der Waals surface area contributed by atoms with E-state index < -0.39 is 5.97 Å². The van der Waals surface area contributed by atoms with Crippen LogP contribution in [0.2, 0.25) is 0 Å². The molecule has 1 aromatic carbocycles. The fraction of sp³-hybridized carbons (Fsp3) is 0.167. The summed E-state index contributed by atoms with van der Waals surface area (Å²) in [6.45, 7) is 0. The lowest BCUT2D eigenvalue weighted by atomic mass is 10.1. The van der Waals surface area contributed by atoms with E-state index in [4.69, 9.17) is 5.11 Å². The lowest BCUT2D eigenvalue weighted by Gasteiger charge is -2.00. The first kappa shape index (κ1) is 11.3. The number of hydrogen-bond acceptors (Lipinski definition) is 2. The molecule has 0 aliphatic carbocycles. The van der Waals surface area contributed by atoms with Gasteiger partial charge in [-0.3, -0.25) is 9.48 Å². The van der Waals surface area contributed by atoms with Crippen LogP contribution in [0.1, 0.15) is 5.69 Å². The van der Waals surface area contributed by atoms with Gasteiger partial charge in [0.1, 0.15) is 5.82 Å². The summed E-state index contributed by atoms with van der Waals surface area (Å²) in [6, 6.07) is 5.90. The first-order valence-corrected chi connectivity index (χ1v) is 5.06. The summed E-state index contributed by atoms with van der Waals surface area (Å²) in [5.74, 6) is -1.26. The summed E-state index contributed by atoms with van der Waals surface area (Å²) >= 11 is 0. The first-order chi connectivity index (χ1) is 8.06. The van der Waals surface area contributed by atoms with Crippen molar-refractivity contribution in [3.63, 3.8) is 0 Å². The van der Waals surface area contributed by atoms with Crippen molar-refractivity contribution in [1.82, 2.24) is 9.78 Å². The smallest absolute Gasteiger partial charge is 0.309 e. The Morgan fingerprint density at radius 1 is 1.41 bits per heavy atom. The van der Waals surface area contributed by atoms with Crippen LogP contribution in [-0.4, -0.2) is 20.9 Å². The van der Waals surface area contributed by atoms with Crippen LogP contribution in [-0.2, 0) is 18.3 Å². The molecule has 0 radical (unpaired) electrons. The van der Waals surface area contributed by atoms with Crippen LogP contribution in [0, 0.1) is 5.82 Å². The summed E-state index contributed by atoms with van der Waals surface area (Å²) in [5.41, 5.74) is 1.96. The lowest BCUT2D eigenvalue weighted by molar-refractivity contribution is -0.136. The maximum atomic E-state index is 12.8. The summed E-state index contributed by atoms with van der Waals surface area (Å²) in [7, 11) is 1.72. The Kier molecular flexibility index (Phi) is 2.91. The topological polar surface area (TPSA) is 55.1 Å². The zero-order valence-corrected chi connectivity index (χ0v) is 9.22. The van der Waals surface area contributed by atoms with Gasteiger partial charge in [-0.25, -0.2) is 4.39 Å². The summed E-state index contributed by atoms with van der Waals surface area (Å²) in [4.78, 5) is 10.7. The Bertz CT molecular complexity index is 546. The maximum Gasteiger partial charge on any atom is 0.309 e. The summed E-state index contributed by atoms with van der Waals surface area (Å²) in [5, 5.41) is 12.9.